The fraction of sp³-hybridized carbons (Fsp3) is 1.00. The van der Waals surface area contributed by atoms with Crippen molar-refractivity contribution in [2.75, 3.05) is 7.05 Å². The second-order valence-corrected chi connectivity index (χ2v) is 3.24. The Morgan fingerprint density at radius 3 is 2.22 bits per heavy atom. The third-order valence-electron chi connectivity index (χ3n) is 1.83. The van der Waals surface area contributed by atoms with E-state index < -0.39 is 0 Å². The molecule has 0 aromatic carbocycles. The van der Waals surface area contributed by atoms with Crippen molar-refractivity contribution >= 4 is 0 Å². The van der Waals surface area contributed by atoms with E-state index in [1.165, 1.54) is 19.3 Å². The van der Waals surface area contributed by atoms with E-state index in [4.69, 9.17) is 0 Å². The molecule has 1 nitrogen and oxygen atoms in total. The van der Waals surface area contributed by atoms with Crippen LogP contribution in [0, 0.1) is 0 Å². The van der Waals surface area contributed by atoms with Crippen molar-refractivity contribution in [3.05, 3.63) is 0 Å². The summed E-state index contributed by atoms with van der Waals surface area (Å²) >= 11 is 0. The first-order valence-electron chi connectivity index (χ1n) is 3.81. The molecule has 0 aliphatic heterocycles. The molecule has 1 N–H and O–H groups in total. The maximum Gasteiger partial charge on any atom is 0.0122 e. The zero-order valence-corrected chi connectivity index (χ0v) is 7.12. The maximum atomic E-state index is 3.28. The first-order chi connectivity index (χ1) is 4.12. The van der Waals surface area contributed by atoms with Gasteiger partial charge in [0.05, 0.1) is 0 Å². The van der Waals surface area contributed by atoms with E-state index >= 15 is 0 Å². The monoisotopic (exact) mass is 129 g/mol. The van der Waals surface area contributed by atoms with Crippen molar-refractivity contribution in [3.63, 3.8) is 0 Å². The van der Waals surface area contributed by atoms with Gasteiger partial charge in [0.1, 0.15) is 0 Å². The Kier molecular flexibility index (Phi) is 3.87. The van der Waals surface area contributed by atoms with E-state index in [-0.39, 0.29) is 0 Å². The number of hydrogen-bond donors (Lipinski definition) is 1. The normalized spacial score (nSPS) is 12.0. The van der Waals surface area contributed by atoms with Gasteiger partial charge in [-0.15, -0.1) is 0 Å². The molecule has 0 unspecified atom stereocenters. The van der Waals surface area contributed by atoms with E-state index in [1.807, 2.05) is 7.05 Å². The van der Waals surface area contributed by atoms with Crippen LogP contribution in [0.25, 0.3) is 0 Å². The van der Waals surface area contributed by atoms with Crippen molar-refractivity contribution in [2.45, 2.75) is 45.6 Å². The van der Waals surface area contributed by atoms with Gasteiger partial charge in [0.2, 0.25) is 0 Å². The van der Waals surface area contributed by atoms with Crippen LogP contribution in [0.3, 0.4) is 0 Å². The van der Waals surface area contributed by atoms with E-state index in [2.05, 4.69) is 26.1 Å². The zero-order chi connectivity index (χ0) is 7.33. The highest BCUT2D eigenvalue weighted by Crippen LogP contribution is 2.10. The molecule has 0 rings (SSSR count). The third-order valence-corrected chi connectivity index (χ3v) is 1.83. The molecule has 0 saturated carbocycles. The maximum absolute atomic E-state index is 3.28. The van der Waals surface area contributed by atoms with Crippen molar-refractivity contribution in [3.8, 4) is 0 Å². The molecule has 0 spiro atoms. The first-order valence-corrected chi connectivity index (χ1v) is 3.81. The average Bonchev–Trinajstić information content (AvgIpc) is 1.84. The van der Waals surface area contributed by atoms with Crippen molar-refractivity contribution in [1.82, 2.24) is 5.32 Å². The number of rotatable bonds is 4. The fourth-order valence-electron chi connectivity index (χ4n) is 0.744. The minimum Gasteiger partial charge on any atom is -0.315 e. The lowest BCUT2D eigenvalue weighted by Crippen LogP contribution is -2.35. The van der Waals surface area contributed by atoms with Gasteiger partial charge >= 0.3 is 0 Å². The molecule has 0 fully saturated rings. The zero-order valence-electron chi connectivity index (χ0n) is 7.12. The van der Waals surface area contributed by atoms with Gasteiger partial charge in [-0.2, -0.15) is 0 Å². The molecule has 0 radical (unpaired) electrons. The topological polar surface area (TPSA) is 12.0 Å². The standard InChI is InChI=1S/C8H19N/c1-5-6-7-8(2,3)9-4/h9H,5-7H2,1-4H3. The summed E-state index contributed by atoms with van der Waals surface area (Å²) in [4.78, 5) is 0. The van der Waals surface area contributed by atoms with Crippen molar-refractivity contribution in [1.29, 1.82) is 0 Å². The number of hydrogen-bond acceptors (Lipinski definition) is 1. The quantitative estimate of drug-likeness (QED) is 0.613. The van der Waals surface area contributed by atoms with Crippen LogP contribution in [-0.4, -0.2) is 12.6 Å². The van der Waals surface area contributed by atoms with Crippen LogP contribution in [0.2, 0.25) is 0 Å². The summed E-state index contributed by atoms with van der Waals surface area (Å²) in [6, 6.07) is 0. The minimum atomic E-state index is 0.343. The van der Waals surface area contributed by atoms with Gasteiger partial charge in [0.15, 0.2) is 0 Å². The number of unbranched alkanes of at least 4 members (excludes halogenated alkanes) is 1. The third kappa shape index (κ3) is 4.46. The molecular formula is C8H19N. The predicted octanol–water partition coefficient (Wildman–Crippen LogP) is 2.17. The van der Waals surface area contributed by atoms with Gasteiger partial charge < -0.3 is 5.32 Å². The summed E-state index contributed by atoms with van der Waals surface area (Å²) in [5.41, 5.74) is 0.343. The van der Waals surface area contributed by atoms with Crippen molar-refractivity contribution in [2.24, 2.45) is 0 Å². The van der Waals surface area contributed by atoms with Crippen LogP contribution in [0.5, 0.6) is 0 Å². The molecule has 0 aliphatic carbocycles. The first kappa shape index (κ1) is 8.96. The van der Waals surface area contributed by atoms with Crippen LogP contribution in [-0.2, 0) is 0 Å². The fourth-order valence-corrected chi connectivity index (χ4v) is 0.744. The molecule has 0 aromatic heterocycles. The van der Waals surface area contributed by atoms with E-state index in [0.29, 0.717) is 5.54 Å². The largest absolute Gasteiger partial charge is 0.315 e. The second kappa shape index (κ2) is 3.89. The molecule has 0 aliphatic rings. The highest BCUT2D eigenvalue weighted by atomic mass is 14.9. The molecule has 0 aromatic rings. The van der Waals surface area contributed by atoms with Crippen LogP contribution in [0.1, 0.15) is 40.0 Å². The summed E-state index contributed by atoms with van der Waals surface area (Å²) < 4.78 is 0. The Morgan fingerprint density at radius 2 is 1.89 bits per heavy atom. The van der Waals surface area contributed by atoms with E-state index in [1.54, 1.807) is 0 Å². The van der Waals surface area contributed by atoms with Gasteiger partial charge in [0.25, 0.3) is 0 Å². The van der Waals surface area contributed by atoms with E-state index in [0.717, 1.165) is 0 Å². The van der Waals surface area contributed by atoms with Crippen LogP contribution >= 0.6 is 0 Å². The van der Waals surface area contributed by atoms with Gasteiger partial charge in [-0.25, -0.2) is 0 Å². The summed E-state index contributed by atoms with van der Waals surface area (Å²) in [5.74, 6) is 0. The van der Waals surface area contributed by atoms with Gasteiger partial charge in [0, 0.05) is 5.54 Å². The second-order valence-electron chi connectivity index (χ2n) is 3.24. The molecule has 0 amide bonds. The van der Waals surface area contributed by atoms with Crippen LogP contribution in [0.15, 0.2) is 0 Å². The Labute approximate surface area is 58.8 Å². The summed E-state index contributed by atoms with van der Waals surface area (Å²) in [6.07, 6.45) is 3.90. The molecular weight excluding hydrogens is 110 g/mol. The van der Waals surface area contributed by atoms with Crippen molar-refractivity contribution < 1.29 is 0 Å². The summed E-state index contributed by atoms with van der Waals surface area (Å²) in [5, 5.41) is 3.28. The smallest absolute Gasteiger partial charge is 0.0122 e. The summed E-state index contributed by atoms with van der Waals surface area (Å²) in [6.45, 7) is 6.71. The highest BCUT2D eigenvalue weighted by Gasteiger charge is 2.11. The van der Waals surface area contributed by atoms with Crippen LogP contribution < -0.4 is 5.32 Å². The average molecular weight is 129 g/mol. The Hall–Kier alpha value is -0.0400. The molecule has 0 atom stereocenters. The van der Waals surface area contributed by atoms with Gasteiger partial charge in [-0.1, -0.05) is 19.8 Å². The molecule has 56 valence electrons. The molecule has 0 heterocycles. The molecule has 1 heteroatoms. The molecule has 0 saturated heterocycles. The van der Waals surface area contributed by atoms with E-state index in [9.17, 15) is 0 Å². The van der Waals surface area contributed by atoms with Crippen LogP contribution in [0.4, 0.5) is 0 Å². The Bertz CT molecular complexity index is 67.0. The molecule has 9 heavy (non-hydrogen) atoms. The minimum absolute atomic E-state index is 0.343. The lowest BCUT2D eigenvalue weighted by atomic mass is 9.98. The lowest BCUT2D eigenvalue weighted by Gasteiger charge is -2.23. The predicted molar refractivity (Wildman–Crippen MR) is 42.7 cm³/mol. The highest BCUT2D eigenvalue weighted by molar-refractivity contribution is 4.73. The Balaban J connectivity index is 3.33. The number of nitrogens with one attached hydrogen (secondary N) is 1. The Morgan fingerprint density at radius 1 is 1.33 bits per heavy atom. The van der Waals surface area contributed by atoms with Gasteiger partial charge in [-0.05, 0) is 27.3 Å². The van der Waals surface area contributed by atoms with Gasteiger partial charge in [-0.3, -0.25) is 0 Å². The molecule has 0 bridgehead atoms. The summed E-state index contributed by atoms with van der Waals surface area (Å²) in [7, 11) is 2.02. The lowest BCUT2D eigenvalue weighted by molar-refractivity contribution is 0.380. The SMILES string of the molecule is CCCCC(C)(C)NC.